The van der Waals surface area contributed by atoms with Gasteiger partial charge in [-0.1, -0.05) is 40.2 Å². The van der Waals surface area contributed by atoms with Gasteiger partial charge in [0.25, 0.3) is 0 Å². The van der Waals surface area contributed by atoms with E-state index in [1.54, 1.807) is 0 Å². The Morgan fingerprint density at radius 3 is 2.36 bits per heavy atom. The van der Waals surface area contributed by atoms with Gasteiger partial charge in [-0.2, -0.15) is 0 Å². The molecule has 1 fully saturated rings. The van der Waals surface area contributed by atoms with Crippen molar-refractivity contribution in [3.63, 3.8) is 0 Å². The Hall–Kier alpha value is -1.02. The van der Waals surface area contributed by atoms with Crippen LogP contribution in [0.1, 0.15) is 0 Å². The highest BCUT2D eigenvalue weighted by atomic mass is 79.9. The van der Waals surface area contributed by atoms with Crippen LogP contribution in [0.5, 0.6) is 0 Å². The largest absolute Gasteiger partial charge is 0.367 e. The van der Waals surface area contributed by atoms with Crippen molar-refractivity contribution in [1.82, 2.24) is 0 Å². The van der Waals surface area contributed by atoms with Gasteiger partial charge in [-0.3, -0.25) is 0 Å². The zero-order valence-corrected chi connectivity index (χ0v) is 9.29. The minimum atomic E-state index is 1.18. The van der Waals surface area contributed by atoms with Crippen LogP contribution in [0.3, 0.4) is 0 Å². The molecule has 0 unspecified atom stereocenters. The lowest BCUT2D eigenvalue weighted by atomic mass is 10.1. The second-order valence-corrected chi connectivity index (χ2v) is 4.45. The van der Waals surface area contributed by atoms with Gasteiger partial charge in [-0.15, -0.1) is 0 Å². The molecule has 3 rings (SSSR count). The topological polar surface area (TPSA) is 3.01 Å². The number of anilines is 1. The van der Waals surface area contributed by atoms with Gasteiger partial charge in [0.2, 0.25) is 0 Å². The third kappa shape index (κ3) is 1.22. The molecule has 2 aromatic rings. The summed E-state index contributed by atoms with van der Waals surface area (Å²) < 4.78 is 1.18. The van der Waals surface area contributed by atoms with Crippen LogP contribution < -0.4 is 4.90 Å². The fourth-order valence-corrected chi connectivity index (χ4v) is 2.29. The molecular weight excluding hydrogens is 238 g/mol. The summed E-state index contributed by atoms with van der Waals surface area (Å²) in [6.07, 6.45) is 0. The van der Waals surface area contributed by atoms with Crippen molar-refractivity contribution in [2.24, 2.45) is 0 Å². The second kappa shape index (κ2) is 2.99. The van der Waals surface area contributed by atoms with Gasteiger partial charge in [-0.25, -0.2) is 0 Å². The second-order valence-electron chi connectivity index (χ2n) is 3.60. The van der Waals surface area contributed by atoms with Gasteiger partial charge >= 0.3 is 0 Å². The Morgan fingerprint density at radius 2 is 1.64 bits per heavy atom. The first-order valence-electron chi connectivity index (χ1n) is 4.78. The fraction of sp³-hybridized carbons (Fsp3) is 0.167. The summed E-state index contributed by atoms with van der Waals surface area (Å²) in [5.74, 6) is 0. The van der Waals surface area contributed by atoms with Crippen molar-refractivity contribution in [1.29, 1.82) is 0 Å². The summed E-state index contributed by atoms with van der Waals surface area (Å²) >= 11 is 3.58. The van der Waals surface area contributed by atoms with Gasteiger partial charge in [0, 0.05) is 28.6 Å². The first kappa shape index (κ1) is 8.30. The highest BCUT2D eigenvalue weighted by Crippen LogP contribution is 2.34. The normalized spacial score (nSPS) is 14.8. The highest BCUT2D eigenvalue weighted by molar-refractivity contribution is 9.10. The van der Waals surface area contributed by atoms with Crippen LogP contribution in [-0.4, -0.2) is 13.1 Å². The van der Waals surface area contributed by atoms with Crippen molar-refractivity contribution in [2.75, 3.05) is 18.0 Å². The molecular formula is C12H10BrN. The van der Waals surface area contributed by atoms with Crippen LogP contribution in [-0.2, 0) is 0 Å². The summed E-state index contributed by atoms with van der Waals surface area (Å²) in [4.78, 5) is 2.38. The zero-order valence-electron chi connectivity index (χ0n) is 7.70. The van der Waals surface area contributed by atoms with Gasteiger partial charge in [0.05, 0.1) is 0 Å². The fourth-order valence-electron chi connectivity index (χ4n) is 1.81. The summed E-state index contributed by atoms with van der Waals surface area (Å²) in [6.45, 7) is 2.40. The lowest BCUT2D eigenvalue weighted by Gasteiger charge is -2.08. The Morgan fingerprint density at radius 1 is 0.929 bits per heavy atom. The molecule has 0 atom stereocenters. The van der Waals surface area contributed by atoms with E-state index in [-0.39, 0.29) is 0 Å². The molecule has 0 bridgehead atoms. The summed E-state index contributed by atoms with van der Waals surface area (Å²) in [5, 5.41) is 2.65. The number of hydrogen-bond acceptors (Lipinski definition) is 1. The van der Waals surface area contributed by atoms with E-state index in [1.165, 1.54) is 34.0 Å². The van der Waals surface area contributed by atoms with Crippen LogP contribution in [0.25, 0.3) is 10.8 Å². The van der Waals surface area contributed by atoms with Crippen molar-refractivity contribution >= 4 is 32.4 Å². The zero-order chi connectivity index (χ0) is 9.54. The molecule has 1 saturated heterocycles. The molecule has 0 amide bonds. The number of rotatable bonds is 1. The third-order valence-electron chi connectivity index (χ3n) is 2.64. The maximum Gasteiger partial charge on any atom is 0.0447 e. The van der Waals surface area contributed by atoms with E-state index in [0.717, 1.165) is 0 Å². The van der Waals surface area contributed by atoms with Crippen molar-refractivity contribution in [3.05, 3.63) is 40.9 Å². The molecule has 2 heteroatoms. The first-order chi connectivity index (χ1) is 6.86. The lowest BCUT2D eigenvalue weighted by molar-refractivity contribution is 1.42. The van der Waals surface area contributed by atoms with E-state index in [4.69, 9.17) is 0 Å². The van der Waals surface area contributed by atoms with Crippen molar-refractivity contribution < 1.29 is 0 Å². The van der Waals surface area contributed by atoms with Crippen LogP contribution in [0.15, 0.2) is 40.9 Å². The van der Waals surface area contributed by atoms with Gasteiger partial charge in [0.15, 0.2) is 0 Å². The maximum atomic E-state index is 3.58. The average molecular weight is 248 g/mol. The van der Waals surface area contributed by atoms with Crippen LogP contribution in [0.2, 0.25) is 0 Å². The SMILES string of the molecule is Brc1ccc(N2CC2)c2ccccc12. The summed E-state index contributed by atoms with van der Waals surface area (Å²) in [6, 6.07) is 12.9. The predicted molar refractivity (Wildman–Crippen MR) is 63.9 cm³/mol. The Bertz CT molecular complexity index is 489. The molecule has 1 heterocycles. The van der Waals surface area contributed by atoms with E-state index >= 15 is 0 Å². The molecule has 0 N–H and O–H groups in total. The number of hydrogen-bond donors (Lipinski definition) is 0. The molecule has 0 spiro atoms. The third-order valence-corrected chi connectivity index (χ3v) is 3.33. The van der Waals surface area contributed by atoms with E-state index in [2.05, 4.69) is 57.2 Å². The Kier molecular flexibility index (Phi) is 1.77. The lowest BCUT2D eigenvalue weighted by Crippen LogP contribution is -1.91. The summed E-state index contributed by atoms with van der Waals surface area (Å²) in [7, 11) is 0. The molecule has 0 radical (unpaired) electrons. The molecule has 0 saturated carbocycles. The van der Waals surface area contributed by atoms with E-state index in [0.29, 0.717) is 0 Å². The Balaban J connectivity index is 2.35. The minimum Gasteiger partial charge on any atom is -0.367 e. The van der Waals surface area contributed by atoms with Gasteiger partial charge in [0.1, 0.15) is 0 Å². The molecule has 0 aliphatic carbocycles. The first-order valence-corrected chi connectivity index (χ1v) is 5.58. The van der Waals surface area contributed by atoms with Gasteiger partial charge < -0.3 is 4.90 Å². The minimum absolute atomic E-state index is 1.18. The quantitative estimate of drug-likeness (QED) is 0.699. The standard InChI is InChI=1S/C12H10BrN/c13-11-5-6-12(14-7-8-14)10-4-2-1-3-9(10)11/h1-6H,7-8H2. The molecule has 2 aromatic carbocycles. The van der Waals surface area contributed by atoms with Gasteiger partial charge in [-0.05, 0) is 17.5 Å². The maximum absolute atomic E-state index is 3.58. The van der Waals surface area contributed by atoms with E-state index in [1.807, 2.05) is 0 Å². The van der Waals surface area contributed by atoms with E-state index < -0.39 is 0 Å². The molecule has 1 aliphatic rings. The monoisotopic (exact) mass is 247 g/mol. The molecule has 14 heavy (non-hydrogen) atoms. The summed E-state index contributed by atoms with van der Waals surface area (Å²) in [5.41, 5.74) is 1.36. The molecule has 1 nitrogen and oxygen atoms in total. The smallest absolute Gasteiger partial charge is 0.0447 e. The van der Waals surface area contributed by atoms with Crippen molar-refractivity contribution in [2.45, 2.75) is 0 Å². The Labute approximate surface area is 91.5 Å². The average Bonchev–Trinajstić information content (AvgIpc) is 3.03. The highest BCUT2D eigenvalue weighted by Gasteiger charge is 2.20. The van der Waals surface area contributed by atoms with Crippen LogP contribution in [0.4, 0.5) is 5.69 Å². The van der Waals surface area contributed by atoms with Crippen LogP contribution in [0, 0.1) is 0 Å². The van der Waals surface area contributed by atoms with E-state index in [9.17, 15) is 0 Å². The molecule has 0 aromatic heterocycles. The number of fused-ring (bicyclic) bond motifs is 1. The number of nitrogens with zero attached hydrogens (tertiary/aromatic N) is 1. The number of halogens is 1. The number of benzene rings is 2. The molecule has 70 valence electrons. The van der Waals surface area contributed by atoms with Crippen molar-refractivity contribution in [3.8, 4) is 0 Å². The molecule has 1 aliphatic heterocycles. The predicted octanol–water partition coefficient (Wildman–Crippen LogP) is 3.42. The van der Waals surface area contributed by atoms with Crippen LogP contribution >= 0.6 is 15.9 Å².